The molecule has 5 nitrogen and oxygen atoms in total. The van der Waals surface area contributed by atoms with Gasteiger partial charge in [0.1, 0.15) is 5.60 Å². The molecular weight excluding hydrogens is 344 g/mol. The maximum Gasteiger partial charge on any atom is 0.303 e. The Morgan fingerprint density at radius 3 is 2.78 bits per heavy atom. The largest absolute Gasteiger partial charge is 0.481 e. The number of carbonyl (C=O) groups is 2. The molecule has 5 aliphatic rings. The van der Waals surface area contributed by atoms with Crippen molar-refractivity contribution in [3.63, 3.8) is 0 Å². The summed E-state index contributed by atoms with van der Waals surface area (Å²) in [5, 5.41) is 20.6. The van der Waals surface area contributed by atoms with E-state index in [9.17, 15) is 14.7 Å². The van der Waals surface area contributed by atoms with E-state index in [-0.39, 0.29) is 34.7 Å². The molecule has 4 fully saturated rings. The zero-order valence-corrected chi connectivity index (χ0v) is 16.2. The summed E-state index contributed by atoms with van der Waals surface area (Å²) in [4.78, 5) is 23.1. The van der Waals surface area contributed by atoms with Crippen molar-refractivity contribution in [2.75, 3.05) is 0 Å². The van der Waals surface area contributed by atoms with Gasteiger partial charge in [0.25, 0.3) is 0 Å². The first-order valence-corrected chi connectivity index (χ1v) is 10.5. The molecule has 0 radical (unpaired) electrons. The first-order chi connectivity index (χ1) is 12.7. The third kappa shape index (κ3) is 2.02. The van der Waals surface area contributed by atoms with E-state index in [4.69, 9.17) is 9.84 Å². The van der Waals surface area contributed by atoms with Crippen LogP contribution < -0.4 is 0 Å². The van der Waals surface area contributed by atoms with Gasteiger partial charge < -0.3 is 14.9 Å². The SMILES string of the molecule is C[C@]12C=CC(=O)CC1CC[C@H]1[C@@H]3CC[C@](O)(CCC(=O)O)[C@@]3(C)CC3O[C@]312. The molecule has 0 aromatic carbocycles. The standard InChI is InChI=1S/C22H30O5/c1-19-8-5-14(23)11-13(19)3-4-16-15-6-9-21(26,10-7-18(24)25)20(15,2)12-17-22(16,19)27-17/h5,8,13,15-17,26H,3-4,6-7,9-12H2,1-2H3,(H,24,25)/t13?,15-,16-,17?,19-,20-,21-,22-/m0/s1. The first kappa shape index (κ1) is 17.9. The number of aliphatic carboxylic acids is 1. The van der Waals surface area contributed by atoms with Crippen LogP contribution in [-0.2, 0) is 14.3 Å². The second-order valence-electron chi connectivity index (χ2n) is 10.3. The number of carbonyl (C=O) groups excluding carboxylic acids is 1. The lowest BCUT2D eigenvalue weighted by Gasteiger charge is -2.57. The van der Waals surface area contributed by atoms with E-state index in [2.05, 4.69) is 19.9 Å². The molecular formula is C22H30O5. The Hall–Kier alpha value is -1.20. The number of fused-ring (bicyclic) bond motifs is 3. The van der Waals surface area contributed by atoms with Crippen LogP contribution in [-0.4, -0.2) is 39.3 Å². The number of hydrogen-bond acceptors (Lipinski definition) is 4. The van der Waals surface area contributed by atoms with Gasteiger partial charge in [0, 0.05) is 23.7 Å². The van der Waals surface area contributed by atoms with Gasteiger partial charge in [-0.1, -0.05) is 19.9 Å². The summed E-state index contributed by atoms with van der Waals surface area (Å²) >= 11 is 0. The molecule has 1 saturated heterocycles. The molecule has 3 saturated carbocycles. The van der Waals surface area contributed by atoms with Crippen LogP contribution in [0, 0.1) is 28.6 Å². The number of aliphatic hydroxyl groups is 1. The minimum absolute atomic E-state index is 0.0186. The highest BCUT2D eigenvalue weighted by atomic mass is 16.6. The summed E-state index contributed by atoms with van der Waals surface area (Å²) in [5.41, 5.74) is -1.48. The quantitative estimate of drug-likeness (QED) is 0.741. The number of hydrogen-bond donors (Lipinski definition) is 2. The van der Waals surface area contributed by atoms with Gasteiger partial charge in [-0.2, -0.15) is 0 Å². The second-order valence-corrected chi connectivity index (χ2v) is 10.3. The summed E-state index contributed by atoms with van der Waals surface area (Å²) < 4.78 is 6.51. The number of carboxylic acids is 1. The molecule has 148 valence electrons. The molecule has 0 amide bonds. The van der Waals surface area contributed by atoms with Gasteiger partial charge in [-0.25, -0.2) is 0 Å². The third-order valence-electron chi connectivity index (χ3n) is 9.49. The van der Waals surface area contributed by atoms with E-state index in [0.29, 0.717) is 37.0 Å². The van der Waals surface area contributed by atoms with Gasteiger partial charge in [0.2, 0.25) is 0 Å². The number of epoxide rings is 1. The van der Waals surface area contributed by atoms with Gasteiger partial charge in [0.15, 0.2) is 5.78 Å². The highest BCUT2D eigenvalue weighted by Gasteiger charge is 2.80. The predicted molar refractivity (Wildman–Crippen MR) is 98.0 cm³/mol. The van der Waals surface area contributed by atoms with E-state index in [1.54, 1.807) is 6.08 Å². The van der Waals surface area contributed by atoms with Crippen LogP contribution in [0.3, 0.4) is 0 Å². The van der Waals surface area contributed by atoms with Crippen molar-refractivity contribution in [1.82, 2.24) is 0 Å². The van der Waals surface area contributed by atoms with Crippen LogP contribution in [0.5, 0.6) is 0 Å². The van der Waals surface area contributed by atoms with Crippen molar-refractivity contribution in [2.24, 2.45) is 28.6 Å². The van der Waals surface area contributed by atoms with Gasteiger partial charge in [-0.15, -0.1) is 0 Å². The van der Waals surface area contributed by atoms with Gasteiger partial charge in [0.05, 0.1) is 11.7 Å². The highest BCUT2D eigenvalue weighted by Crippen LogP contribution is 2.76. The summed E-state index contributed by atoms with van der Waals surface area (Å²) in [7, 11) is 0. The van der Waals surface area contributed by atoms with E-state index in [1.165, 1.54) is 0 Å². The minimum atomic E-state index is -0.912. The number of carboxylic acid groups (broad SMARTS) is 1. The van der Waals surface area contributed by atoms with Gasteiger partial charge in [-0.3, -0.25) is 9.59 Å². The van der Waals surface area contributed by atoms with Crippen LogP contribution >= 0.6 is 0 Å². The van der Waals surface area contributed by atoms with Gasteiger partial charge in [-0.05, 0) is 62.4 Å². The Bertz CT molecular complexity index is 745. The van der Waals surface area contributed by atoms with Crippen LogP contribution in [0.25, 0.3) is 0 Å². The average molecular weight is 374 g/mol. The summed E-state index contributed by atoms with van der Waals surface area (Å²) in [6, 6.07) is 0. The Balaban J connectivity index is 1.50. The summed E-state index contributed by atoms with van der Waals surface area (Å²) in [5.74, 6) is 0.494. The molecule has 8 atom stereocenters. The molecule has 1 spiro atoms. The molecule has 1 heterocycles. The van der Waals surface area contributed by atoms with Crippen molar-refractivity contribution in [3.8, 4) is 0 Å². The topological polar surface area (TPSA) is 87.1 Å². The molecule has 0 bridgehead atoms. The van der Waals surface area contributed by atoms with Crippen molar-refractivity contribution in [1.29, 1.82) is 0 Å². The molecule has 4 aliphatic carbocycles. The van der Waals surface area contributed by atoms with Gasteiger partial charge >= 0.3 is 5.97 Å². The van der Waals surface area contributed by atoms with Crippen molar-refractivity contribution in [2.45, 2.75) is 82.5 Å². The molecule has 1 aliphatic heterocycles. The Labute approximate surface area is 160 Å². The lowest BCUT2D eigenvalue weighted by atomic mass is 9.45. The normalized spacial score (nSPS) is 55.3. The van der Waals surface area contributed by atoms with Crippen molar-refractivity contribution >= 4 is 11.8 Å². The molecule has 5 heteroatoms. The van der Waals surface area contributed by atoms with E-state index < -0.39 is 11.6 Å². The Morgan fingerprint density at radius 2 is 2.04 bits per heavy atom. The predicted octanol–water partition coefficient (Wildman–Crippen LogP) is 3.10. The number of rotatable bonds is 3. The van der Waals surface area contributed by atoms with Crippen LogP contribution in [0.15, 0.2) is 12.2 Å². The maximum absolute atomic E-state index is 12.0. The summed E-state index contributed by atoms with van der Waals surface area (Å²) in [6.45, 7) is 4.45. The monoisotopic (exact) mass is 374 g/mol. The van der Waals surface area contributed by atoms with E-state index in [1.807, 2.05) is 0 Å². The maximum atomic E-state index is 12.0. The minimum Gasteiger partial charge on any atom is -0.481 e. The lowest BCUT2D eigenvalue weighted by Crippen LogP contribution is -2.61. The average Bonchev–Trinajstić information content (AvgIpc) is 3.26. The zero-order chi connectivity index (χ0) is 19.2. The Morgan fingerprint density at radius 1 is 1.26 bits per heavy atom. The molecule has 2 N–H and O–H groups in total. The first-order valence-electron chi connectivity index (χ1n) is 10.5. The lowest BCUT2D eigenvalue weighted by molar-refractivity contribution is -0.145. The molecule has 0 aromatic rings. The molecule has 27 heavy (non-hydrogen) atoms. The number of ether oxygens (including phenoxy) is 1. The smallest absolute Gasteiger partial charge is 0.303 e. The van der Waals surface area contributed by atoms with Crippen LogP contribution in [0.1, 0.15) is 65.2 Å². The fourth-order valence-corrected chi connectivity index (χ4v) is 7.91. The third-order valence-corrected chi connectivity index (χ3v) is 9.49. The number of allylic oxidation sites excluding steroid dienone is 1. The molecule has 2 unspecified atom stereocenters. The number of ketones is 1. The fraction of sp³-hybridized carbons (Fsp3) is 0.818. The van der Waals surface area contributed by atoms with Crippen LogP contribution in [0.4, 0.5) is 0 Å². The van der Waals surface area contributed by atoms with Crippen LogP contribution in [0.2, 0.25) is 0 Å². The fourth-order valence-electron chi connectivity index (χ4n) is 7.91. The molecule has 0 aromatic heterocycles. The summed E-state index contributed by atoms with van der Waals surface area (Å²) in [6.07, 6.45) is 9.50. The van der Waals surface area contributed by atoms with E-state index in [0.717, 1.165) is 25.7 Å². The highest BCUT2D eigenvalue weighted by molar-refractivity contribution is 5.91. The van der Waals surface area contributed by atoms with Crippen molar-refractivity contribution in [3.05, 3.63) is 12.2 Å². The second kappa shape index (κ2) is 5.24. The molecule has 5 rings (SSSR count). The van der Waals surface area contributed by atoms with E-state index >= 15 is 0 Å². The Kier molecular flexibility index (Phi) is 3.46. The van der Waals surface area contributed by atoms with Crippen molar-refractivity contribution < 1.29 is 24.5 Å². The zero-order valence-electron chi connectivity index (χ0n) is 16.2.